The summed E-state index contributed by atoms with van der Waals surface area (Å²) in [5.74, 6) is -2.38. The average Bonchev–Trinajstić information content (AvgIpc) is 3.17. The SMILES string of the molecule is CC1=C[C@H]2O[C@@H]3C(O)(O)C(O)[C@](C)([C@@]2(C)CC1=O)[C@]31CO1. The highest BCUT2D eigenvalue weighted by atomic mass is 16.7. The van der Waals surface area contributed by atoms with E-state index in [0.717, 1.165) is 0 Å². The minimum Gasteiger partial charge on any atom is -0.387 e. The Balaban J connectivity index is 1.95. The van der Waals surface area contributed by atoms with Gasteiger partial charge in [-0.3, -0.25) is 4.79 Å². The fraction of sp³-hybridized carbons (Fsp3) is 0.800. The molecule has 21 heavy (non-hydrogen) atoms. The number of aliphatic hydroxyl groups is 3. The molecule has 6 atom stereocenters. The Morgan fingerprint density at radius 3 is 2.52 bits per heavy atom. The maximum atomic E-state index is 12.2. The smallest absolute Gasteiger partial charge is 0.220 e. The lowest BCUT2D eigenvalue weighted by atomic mass is 9.52. The van der Waals surface area contributed by atoms with Gasteiger partial charge >= 0.3 is 0 Å². The third-order valence-corrected chi connectivity index (χ3v) is 6.56. The van der Waals surface area contributed by atoms with Crippen LogP contribution >= 0.6 is 0 Å². The van der Waals surface area contributed by atoms with Crippen LogP contribution in [0.25, 0.3) is 0 Å². The van der Waals surface area contributed by atoms with E-state index in [9.17, 15) is 20.1 Å². The van der Waals surface area contributed by atoms with Crippen LogP contribution in [0.2, 0.25) is 0 Å². The summed E-state index contributed by atoms with van der Waals surface area (Å²) < 4.78 is 11.5. The first-order chi connectivity index (χ1) is 9.61. The summed E-state index contributed by atoms with van der Waals surface area (Å²) in [7, 11) is 0. The van der Waals surface area contributed by atoms with Crippen molar-refractivity contribution in [3.8, 4) is 0 Å². The second kappa shape index (κ2) is 3.41. The Morgan fingerprint density at radius 2 is 1.95 bits per heavy atom. The molecule has 116 valence electrons. The maximum Gasteiger partial charge on any atom is 0.220 e. The first-order valence-electron chi connectivity index (χ1n) is 7.25. The molecule has 1 saturated carbocycles. The Labute approximate surface area is 122 Å². The molecule has 2 heterocycles. The highest BCUT2D eigenvalue weighted by Crippen LogP contribution is 2.72. The summed E-state index contributed by atoms with van der Waals surface area (Å²) in [6.07, 6.45) is -0.967. The fourth-order valence-electron chi connectivity index (χ4n) is 4.84. The number of ether oxygens (including phenoxy) is 2. The van der Waals surface area contributed by atoms with E-state index in [1.54, 1.807) is 19.9 Å². The van der Waals surface area contributed by atoms with Crippen molar-refractivity contribution in [2.45, 2.75) is 56.9 Å². The van der Waals surface area contributed by atoms with Gasteiger partial charge in [-0.15, -0.1) is 0 Å². The molecule has 6 heteroatoms. The molecule has 3 N–H and O–H groups in total. The predicted molar refractivity (Wildman–Crippen MR) is 70.1 cm³/mol. The van der Waals surface area contributed by atoms with Crippen molar-refractivity contribution >= 4 is 5.78 Å². The Hall–Kier alpha value is -0.790. The lowest BCUT2D eigenvalue weighted by Gasteiger charge is -2.56. The van der Waals surface area contributed by atoms with Crippen molar-refractivity contribution in [2.75, 3.05) is 6.61 Å². The van der Waals surface area contributed by atoms with E-state index in [0.29, 0.717) is 12.2 Å². The first-order valence-corrected chi connectivity index (χ1v) is 7.25. The number of Topliss-reactive ketones (excluding diaryl/α,β-unsaturated/α-hetero) is 1. The summed E-state index contributed by atoms with van der Waals surface area (Å²) >= 11 is 0. The van der Waals surface area contributed by atoms with Gasteiger partial charge in [0.1, 0.15) is 17.8 Å². The van der Waals surface area contributed by atoms with Gasteiger partial charge in [-0.25, -0.2) is 0 Å². The number of hydrogen-bond acceptors (Lipinski definition) is 6. The number of ketones is 1. The Bertz CT molecular complexity index is 577. The van der Waals surface area contributed by atoms with Gasteiger partial charge in [-0.2, -0.15) is 0 Å². The molecule has 0 amide bonds. The van der Waals surface area contributed by atoms with Crippen LogP contribution in [0.3, 0.4) is 0 Å². The van der Waals surface area contributed by atoms with Crippen LogP contribution in [0.5, 0.6) is 0 Å². The van der Waals surface area contributed by atoms with Crippen LogP contribution in [0, 0.1) is 10.8 Å². The molecule has 3 fully saturated rings. The molecule has 0 aromatic heterocycles. The van der Waals surface area contributed by atoms with Gasteiger partial charge < -0.3 is 24.8 Å². The third-order valence-electron chi connectivity index (χ3n) is 6.56. The molecule has 0 aromatic carbocycles. The van der Waals surface area contributed by atoms with Crippen molar-refractivity contribution in [3.63, 3.8) is 0 Å². The molecule has 2 bridgehead atoms. The highest BCUT2D eigenvalue weighted by molar-refractivity contribution is 5.96. The monoisotopic (exact) mass is 296 g/mol. The summed E-state index contributed by atoms with van der Waals surface area (Å²) in [5, 5.41) is 31.4. The van der Waals surface area contributed by atoms with E-state index in [4.69, 9.17) is 9.47 Å². The standard InChI is InChI=1S/C15H20O6/c1-7-4-9-12(2,5-8(7)16)13(3)10(17)15(18,19)11(21-9)14(13)6-20-14/h4,9-11,17-19H,5-6H2,1-3H3/t9-,10?,11+,12+,13-,14+/m1/s1. The molecule has 2 saturated heterocycles. The van der Waals surface area contributed by atoms with Crippen LogP contribution in [-0.4, -0.2) is 57.4 Å². The van der Waals surface area contributed by atoms with Crippen LogP contribution < -0.4 is 0 Å². The predicted octanol–water partition coefficient (Wildman–Crippen LogP) is -0.490. The number of allylic oxidation sites excluding steroid dienone is 1. The highest BCUT2D eigenvalue weighted by Gasteiger charge is 2.87. The zero-order chi connectivity index (χ0) is 15.4. The van der Waals surface area contributed by atoms with Crippen LogP contribution in [0.15, 0.2) is 11.6 Å². The minimum atomic E-state index is -2.38. The molecule has 4 rings (SSSR count). The first kappa shape index (κ1) is 13.8. The normalized spacial score (nSPS) is 57.1. The molecule has 4 aliphatic rings. The summed E-state index contributed by atoms with van der Waals surface area (Å²) in [6.45, 7) is 5.67. The molecule has 1 spiro atoms. The van der Waals surface area contributed by atoms with Gasteiger partial charge in [0.15, 0.2) is 5.78 Å². The second-order valence-corrected chi connectivity index (χ2v) is 7.37. The number of hydrogen-bond donors (Lipinski definition) is 3. The Kier molecular flexibility index (Phi) is 2.25. The van der Waals surface area contributed by atoms with E-state index in [2.05, 4.69) is 0 Å². The minimum absolute atomic E-state index is 0.00611. The quantitative estimate of drug-likeness (QED) is 0.412. The van der Waals surface area contributed by atoms with E-state index in [1.165, 1.54) is 0 Å². The molecule has 0 radical (unpaired) electrons. The molecular weight excluding hydrogens is 276 g/mol. The van der Waals surface area contributed by atoms with Crippen LogP contribution in [-0.2, 0) is 14.3 Å². The third kappa shape index (κ3) is 1.19. The van der Waals surface area contributed by atoms with Gasteiger partial charge in [0.05, 0.1) is 12.7 Å². The van der Waals surface area contributed by atoms with E-state index in [1.807, 2.05) is 6.92 Å². The van der Waals surface area contributed by atoms with E-state index >= 15 is 0 Å². The topological polar surface area (TPSA) is 99.5 Å². The van der Waals surface area contributed by atoms with Crippen molar-refractivity contribution in [1.29, 1.82) is 0 Å². The lowest BCUT2D eigenvalue weighted by molar-refractivity contribution is -0.269. The zero-order valence-electron chi connectivity index (χ0n) is 12.3. The largest absolute Gasteiger partial charge is 0.387 e. The van der Waals surface area contributed by atoms with E-state index < -0.39 is 40.5 Å². The van der Waals surface area contributed by atoms with Gasteiger partial charge in [0.2, 0.25) is 5.79 Å². The molecule has 2 aliphatic carbocycles. The van der Waals surface area contributed by atoms with Gasteiger partial charge in [-0.1, -0.05) is 13.8 Å². The van der Waals surface area contributed by atoms with Gasteiger partial charge in [0, 0.05) is 17.3 Å². The molecule has 1 unspecified atom stereocenters. The number of aliphatic hydroxyl groups excluding tert-OH is 1. The molecule has 6 nitrogen and oxygen atoms in total. The molecule has 0 aromatic rings. The summed E-state index contributed by atoms with van der Waals surface area (Å²) in [5.41, 5.74) is -2.03. The number of epoxide rings is 1. The van der Waals surface area contributed by atoms with Gasteiger partial charge in [-0.05, 0) is 18.6 Å². The molecular formula is C15H20O6. The van der Waals surface area contributed by atoms with Crippen molar-refractivity contribution in [3.05, 3.63) is 11.6 Å². The molecule has 2 aliphatic heterocycles. The van der Waals surface area contributed by atoms with Crippen molar-refractivity contribution < 1.29 is 29.6 Å². The number of carbonyl (C=O) groups is 1. The Morgan fingerprint density at radius 1 is 1.33 bits per heavy atom. The summed E-state index contributed by atoms with van der Waals surface area (Å²) in [6, 6.07) is 0. The number of rotatable bonds is 0. The van der Waals surface area contributed by atoms with Crippen molar-refractivity contribution in [1.82, 2.24) is 0 Å². The maximum absolute atomic E-state index is 12.2. The fourth-order valence-corrected chi connectivity index (χ4v) is 4.84. The zero-order valence-corrected chi connectivity index (χ0v) is 12.3. The lowest BCUT2D eigenvalue weighted by Crippen LogP contribution is -2.64. The number of carbonyl (C=O) groups excluding carboxylic acids is 1. The van der Waals surface area contributed by atoms with Crippen LogP contribution in [0.1, 0.15) is 27.2 Å². The van der Waals surface area contributed by atoms with Gasteiger partial charge in [0.25, 0.3) is 0 Å². The van der Waals surface area contributed by atoms with Crippen molar-refractivity contribution in [2.24, 2.45) is 10.8 Å². The van der Waals surface area contributed by atoms with Crippen LogP contribution in [0.4, 0.5) is 0 Å². The number of fused-ring (bicyclic) bond motifs is 2. The second-order valence-electron chi connectivity index (χ2n) is 7.37. The summed E-state index contributed by atoms with van der Waals surface area (Å²) in [4.78, 5) is 12.2. The average molecular weight is 296 g/mol. The van der Waals surface area contributed by atoms with E-state index in [-0.39, 0.29) is 12.2 Å².